The Labute approximate surface area is 102 Å². The molecule has 3 aromatic rings. The lowest BCUT2D eigenvalue weighted by Crippen LogP contribution is -2.06. The zero-order chi connectivity index (χ0) is 12.5. The smallest absolute Gasteiger partial charge is 0.254 e. The maximum absolute atomic E-state index is 9.23. The molecule has 0 aliphatic rings. The van der Waals surface area contributed by atoms with Crippen LogP contribution in [0.15, 0.2) is 36.7 Å². The molecule has 0 spiro atoms. The van der Waals surface area contributed by atoms with Gasteiger partial charge in [-0.1, -0.05) is 30.3 Å². The minimum atomic E-state index is 0.249. The molecule has 0 bridgehead atoms. The Balaban J connectivity index is 2.39. The molecule has 0 amide bonds. The molecule has 0 unspecified atom stereocenters. The first kappa shape index (κ1) is 10.2. The molecule has 0 saturated heterocycles. The van der Waals surface area contributed by atoms with E-state index in [9.17, 15) is 5.26 Å². The maximum atomic E-state index is 9.23. The van der Waals surface area contributed by atoms with E-state index in [1.54, 1.807) is 0 Å². The van der Waals surface area contributed by atoms with Crippen LogP contribution >= 0.6 is 0 Å². The average molecular weight is 236 g/mol. The number of fused-ring (bicyclic) bond motifs is 1. The summed E-state index contributed by atoms with van der Waals surface area (Å²) in [6, 6.07) is 11.5. The van der Waals surface area contributed by atoms with Crippen molar-refractivity contribution in [3.8, 4) is 17.3 Å². The molecule has 2 heterocycles. The van der Waals surface area contributed by atoms with E-state index in [0.717, 1.165) is 5.56 Å². The Kier molecular flexibility index (Phi) is 2.17. The third-order valence-electron chi connectivity index (χ3n) is 2.62. The van der Waals surface area contributed by atoms with Gasteiger partial charge in [-0.15, -0.1) is 0 Å². The number of hydrogen-bond acceptors (Lipinski definition) is 5. The van der Waals surface area contributed by atoms with Crippen molar-refractivity contribution < 1.29 is 0 Å². The molecule has 6 heteroatoms. The van der Waals surface area contributed by atoms with Gasteiger partial charge < -0.3 is 5.73 Å². The number of anilines is 1. The van der Waals surface area contributed by atoms with Gasteiger partial charge in [-0.25, -0.2) is 4.98 Å². The molecule has 6 nitrogen and oxygen atoms in total. The molecule has 0 fully saturated rings. The average Bonchev–Trinajstić information content (AvgIpc) is 2.88. The second-order valence-electron chi connectivity index (χ2n) is 3.67. The van der Waals surface area contributed by atoms with Crippen LogP contribution in [-0.2, 0) is 0 Å². The van der Waals surface area contributed by atoms with Crippen LogP contribution in [0.25, 0.3) is 17.0 Å². The van der Waals surface area contributed by atoms with Crippen molar-refractivity contribution in [2.24, 2.45) is 0 Å². The molecule has 18 heavy (non-hydrogen) atoms. The SMILES string of the molecule is N#Cc1c(-c2ccccc2)nc2ncnn2c1N. The van der Waals surface area contributed by atoms with E-state index in [-0.39, 0.29) is 5.82 Å². The van der Waals surface area contributed by atoms with E-state index in [4.69, 9.17) is 5.73 Å². The molecule has 86 valence electrons. The van der Waals surface area contributed by atoms with Crippen molar-refractivity contribution in [1.82, 2.24) is 19.6 Å². The molecule has 1 aromatic carbocycles. The van der Waals surface area contributed by atoms with E-state index in [0.29, 0.717) is 17.0 Å². The summed E-state index contributed by atoms with van der Waals surface area (Å²) >= 11 is 0. The molecule has 0 atom stereocenters. The summed E-state index contributed by atoms with van der Waals surface area (Å²) in [6.07, 6.45) is 1.36. The van der Waals surface area contributed by atoms with Gasteiger partial charge in [-0.3, -0.25) is 0 Å². The number of benzene rings is 1. The Morgan fingerprint density at radius 2 is 2.00 bits per heavy atom. The third kappa shape index (κ3) is 1.38. The van der Waals surface area contributed by atoms with Gasteiger partial charge >= 0.3 is 0 Å². The molecular formula is C12H8N6. The van der Waals surface area contributed by atoms with Crippen LogP contribution in [0.2, 0.25) is 0 Å². The number of aromatic nitrogens is 4. The standard InChI is InChI=1S/C12H8N6/c13-6-9-10(8-4-2-1-3-5-8)17-12-15-7-16-18(12)11(9)14/h1-5,7H,14H2. The lowest BCUT2D eigenvalue weighted by atomic mass is 10.1. The molecule has 0 radical (unpaired) electrons. The summed E-state index contributed by atoms with van der Waals surface area (Å²) in [5.74, 6) is 0.629. The van der Waals surface area contributed by atoms with Crippen molar-refractivity contribution in [2.45, 2.75) is 0 Å². The maximum Gasteiger partial charge on any atom is 0.254 e. The number of nitrogens with zero attached hydrogens (tertiary/aromatic N) is 5. The van der Waals surface area contributed by atoms with Gasteiger partial charge in [0, 0.05) is 5.56 Å². The van der Waals surface area contributed by atoms with Crippen molar-refractivity contribution in [2.75, 3.05) is 5.73 Å². The van der Waals surface area contributed by atoms with E-state index >= 15 is 0 Å². The minimum Gasteiger partial charge on any atom is -0.382 e. The van der Waals surface area contributed by atoms with Crippen LogP contribution in [-0.4, -0.2) is 19.6 Å². The third-order valence-corrected chi connectivity index (χ3v) is 2.62. The molecule has 0 saturated carbocycles. The highest BCUT2D eigenvalue weighted by Gasteiger charge is 2.15. The highest BCUT2D eigenvalue weighted by Crippen LogP contribution is 2.25. The number of rotatable bonds is 1. The van der Waals surface area contributed by atoms with Crippen molar-refractivity contribution in [3.63, 3.8) is 0 Å². The van der Waals surface area contributed by atoms with Gasteiger partial charge in [0.2, 0.25) is 0 Å². The first-order valence-corrected chi connectivity index (χ1v) is 5.26. The summed E-state index contributed by atoms with van der Waals surface area (Å²) < 4.78 is 1.35. The highest BCUT2D eigenvalue weighted by atomic mass is 15.3. The topological polar surface area (TPSA) is 92.9 Å². The van der Waals surface area contributed by atoms with Crippen LogP contribution in [0, 0.1) is 11.3 Å². The summed E-state index contributed by atoms with van der Waals surface area (Å²) in [5, 5.41) is 13.2. The van der Waals surface area contributed by atoms with Gasteiger partial charge in [0.05, 0.1) is 5.69 Å². The minimum absolute atomic E-state index is 0.249. The molecule has 2 aromatic heterocycles. The van der Waals surface area contributed by atoms with E-state index in [2.05, 4.69) is 21.1 Å². The first-order chi connectivity index (χ1) is 8.81. The van der Waals surface area contributed by atoms with Gasteiger partial charge in [0.1, 0.15) is 23.8 Å². The molecule has 3 rings (SSSR count). The summed E-state index contributed by atoms with van der Waals surface area (Å²) in [4.78, 5) is 8.32. The van der Waals surface area contributed by atoms with Crippen molar-refractivity contribution in [3.05, 3.63) is 42.2 Å². The number of hydrogen-bond donors (Lipinski definition) is 1. The van der Waals surface area contributed by atoms with Crippen LogP contribution in [0.4, 0.5) is 5.82 Å². The Bertz CT molecular complexity index is 753. The predicted octanol–water partition coefficient (Wildman–Crippen LogP) is 1.25. The lowest BCUT2D eigenvalue weighted by molar-refractivity contribution is 0.949. The highest BCUT2D eigenvalue weighted by molar-refractivity contribution is 5.73. The Morgan fingerprint density at radius 1 is 1.22 bits per heavy atom. The molecule has 0 aliphatic heterocycles. The van der Waals surface area contributed by atoms with Gasteiger partial charge in [-0.05, 0) is 0 Å². The van der Waals surface area contributed by atoms with Crippen LogP contribution in [0.3, 0.4) is 0 Å². The number of nitrogens with two attached hydrogens (primary N) is 1. The Hall–Kier alpha value is -2.94. The number of nitrogen functional groups attached to an aromatic ring is 1. The normalized spacial score (nSPS) is 10.4. The van der Waals surface area contributed by atoms with E-state index in [1.165, 1.54) is 10.8 Å². The monoisotopic (exact) mass is 236 g/mol. The quantitative estimate of drug-likeness (QED) is 0.686. The predicted molar refractivity (Wildman–Crippen MR) is 65.3 cm³/mol. The largest absolute Gasteiger partial charge is 0.382 e. The summed E-state index contributed by atoms with van der Waals surface area (Å²) in [7, 11) is 0. The fourth-order valence-corrected chi connectivity index (χ4v) is 1.78. The van der Waals surface area contributed by atoms with Crippen LogP contribution in [0.5, 0.6) is 0 Å². The fourth-order valence-electron chi connectivity index (χ4n) is 1.78. The second kappa shape index (κ2) is 3.82. The summed E-state index contributed by atoms with van der Waals surface area (Å²) in [6.45, 7) is 0. The number of nitriles is 1. The zero-order valence-electron chi connectivity index (χ0n) is 9.28. The molecule has 0 aliphatic carbocycles. The van der Waals surface area contributed by atoms with Crippen molar-refractivity contribution in [1.29, 1.82) is 5.26 Å². The summed E-state index contributed by atoms with van der Waals surface area (Å²) in [5.41, 5.74) is 7.56. The zero-order valence-corrected chi connectivity index (χ0v) is 9.28. The van der Waals surface area contributed by atoms with Crippen LogP contribution < -0.4 is 5.73 Å². The first-order valence-electron chi connectivity index (χ1n) is 5.26. The van der Waals surface area contributed by atoms with E-state index < -0.39 is 0 Å². The molecule has 2 N–H and O–H groups in total. The van der Waals surface area contributed by atoms with E-state index in [1.807, 2.05) is 30.3 Å². The van der Waals surface area contributed by atoms with Gasteiger partial charge in [0.25, 0.3) is 5.78 Å². The fraction of sp³-hybridized carbons (Fsp3) is 0. The molecular weight excluding hydrogens is 228 g/mol. The van der Waals surface area contributed by atoms with Gasteiger partial charge in [-0.2, -0.15) is 19.9 Å². The second-order valence-corrected chi connectivity index (χ2v) is 3.67. The van der Waals surface area contributed by atoms with Crippen LogP contribution in [0.1, 0.15) is 5.56 Å². The van der Waals surface area contributed by atoms with Crippen molar-refractivity contribution >= 4 is 11.6 Å². The van der Waals surface area contributed by atoms with Gasteiger partial charge in [0.15, 0.2) is 0 Å². The Morgan fingerprint density at radius 3 is 2.72 bits per heavy atom. The lowest BCUT2D eigenvalue weighted by Gasteiger charge is -2.06.